The van der Waals surface area contributed by atoms with Gasteiger partial charge >= 0.3 is 0 Å². The maximum Gasteiger partial charge on any atom is 0.257 e. The highest BCUT2D eigenvalue weighted by Crippen LogP contribution is 2.37. The van der Waals surface area contributed by atoms with E-state index in [9.17, 15) is 4.79 Å². The number of hydrogen-bond acceptors (Lipinski definition) is 4. The van der Waals surface area contributed by atoms with Gasteiger partial charge in [0, 0.05) is 5.56 Å². The molecule has 1 N–H and O–H groups in total. The Morgan fingerprint density at radius 2 is 1.92 bits per heavy atom. The average molecular weight is 369 g/mol. The Balaban J connectivity index is 1.67. The number of hydrogen-bond donors (Lipinski definition) is 1. The van der Waals surface area contributed by atoms with Gasteiger partial charge in [0.2, 0.25) is 0 Å². The molecule has 0 atom stereocenters. The number of nitrogens with zero attached hydrogens (tertiary/aromatic N) is 1. The summed E-state index contributed by atoms with van der Waals surface area (Å²) in [6.07, 6.45) is 0. The number of aromatic nitrogens is 1. The van der Waals surface area contributed by atoms with Crippen molar-refractivity contribution in [1.29, 1.82) is 0 Å². The Labute approximate surface area is 153 Å². The van der Waals surface area contributed by atoms with Crippen molar-refractivity contribution in [3.8, 4) is 5.75 Å². The molecule has 1 heterocycles. The quantitative estimate of drug-likeness (QED) is 0.529. The zero-order chi connectivity index (χ0) is 17.4. The van der Waals surface area contributed by atoms with Gasteiger partial charge in [-0.05, 0) is 35.0 Å². The first-order valence-electron chi connectivity index (χ1n) is 7.59. The summed E-state index contributed by atoms with van der Waals surface area (Å²) in [5, 5.41) is 6.02. The van der Waals surface area contributed by atoms with Crippen molar-refractivity contribution >= 4 is 55.0 Å². The zero-order valence-electron chi connectivity index (χ0n) is 13.2. The molecule has 0 saturated heterocycles. The van der Waals surface area contributed by atoms with E-state index < -0.39 is 0 Å². The summed E-state index contributed by atoms with van der Waals surface area (Å²) in [7, 11) is 1.58. The number of rotatable bonds is 3. The van der Waals surface area contributed by atoms with Crippen LogP contribution in [0, 0.1) is 0 Å². The number of nitrogens with one attached hydrogen (secondary N) is 1. The molecule has 25 heavy (non-hydrogen) atoms. The molecule has 0 spiro atoms. The highest BCUT2D eigenvalue weighted by Gasteiger charge is 2.15. The molecule has 0 aliphatic heterocycles. The number of carbonyl (C=O) groups excluding carboxylic acids is 1. The largest absolute Gasteiger partial charge is 0.494 e. The van der Waals surface area contributed by atoms with Gasteiger partial charge in [-0.3, -0.25) is 10.1 Å². The van der Waals surface area contributed by atoms with E-state index in [-0.39, 0.29) is 5.91 Å². The average Bonchev–Trinajstić information content (AvgIpc) is 3.06. The molecule has 4 aromatic rings. The van der Waals surface area contributed by atoms with Crippen LogP contribution in [0.5, 0.6) is 5.75 Å². The van der Waals surface area contributed by atoms with Crippen LogP contribution in [0.3, 0.4) is 0 Å². The van der Waals surface area contributed by atoms with Crippen LogP contribution in [0.1, 0.15) is 10.4 Å². The van der Waals surface area contributed by atoms with Crippen LogP contribution in [-0.4, -0.2) is 18.0 Å². The zero-order valence-corrected chi connectivity index (χ0v) is 14.8. The molecule has 124 valence electrons. The molecule has 6 heteroatoms. The fraction of sp³-hybridized carbons (Fsp3) is 0.0526. The maximum absolute atomic E-state index is 12.6. The summed E-state index contributed by atoms with van der Waals surface area (Å²) >= 11 is 7.55. The van der Waals surface area contributed by atoms with E-state index in [1.54, 1.807) is 25.3 Å². The highest BCUT2D eigenvalue weighted by molar-refractivity contribution is 7.23. The normalized spacial score (nSPS) is 11.0. The third-order valence-corrected chi connectivity index (χ3v) is 5.34. The van der Waals surface area contributed by atoms with Crippen molar-refractivity contribution in [1.82, 2.24) is 4.98 Å². The molecule has 0 saturated carbocycles. The molecular weight excluding hydrogens is 356 g/mol. The van der Waals surface area contributed by atoms with E-state index in [0.29, 0.717) is 27.0 Å². The number of ether oxygens (including phenoxy) is 1. The second kappa shape index (κ2) is 6.35. The number of benzene rings is 3. The Bertz CT molecular complexity index is 1110. The van der Waals surface area contributed by atoms with Crippen LogP contribution in [0.2, 0.25) is 5.02 Å². The molecule has 0 radical (unpaired) electrons. The minimum Gasteiger partial charge on any atom is -0.494 e. The Kier molecular flexibility index (Phi) is 4.03. The van der Waals surface area contributed by atoms with Gasteiger partial charge in [0.05, 0.1) is 16.8 Å². The second-order valence-corrected chi connectivity index (χ2v) is 6.87. The Hall–Kier alpha value is -2.63. The minimum atomic E-state index is -0.208. The standard InChI is InChI=1S/C19H13ClN2O2S/c1-24-15-9-8-14(20)17-16(15)21-19(25-17)22-18(23)13-7-6-11-4-2-3-5-12(11)10-13/h2-10H,1H3,(H,21,22,23). The van der Waals surface area contributed by atoms with Crippen LogP contribution in [0.25, 0.3) is 21.0 Å². The van der Waals surface area contributed by atoms with Gasteiger partial charge < -0.3 is 4.74 Å². The lowest BCUT2D eigenvalue weighted by atomic mass is 10.1. The van der Waals surface area contributed by atoms with Crippen LogP contribution in [0.4, 0.5) is 5.13 Å². The monoisotopic (exact) mass is 368 g/mol. The lowest BCUT2D eigenvalue weighted by Crippen LogP contribution is -2.11. The van der Waals surface area contributed by atoms with Crippen molar-refractivity contribution in [2.45, 2.75) is 0 Å². The van der Waals surface area contributed by atoms with E-state index in [1.165, 1.54) is 11.3 Å². The summed E-state index contributed by atoms with van der Waals surface area (Å²) in [6, 6.07) is 17.0. The molecule has 4 rings (SSSR count). The molecule has 0 bridgehead atoms. The third-order valence-electron chi connectivity index (χ3n) is 3.91. The summed E-state index contributed by atoms with van der Waals surface area (Å²) in [6.45, 7) is 0. The number of methoxy groups -OCH3 is 1. The molecule has 0 unspecified atom stereocenters. The Morgan fingerprint density at radius 1 is 1.12 bits per heavy atom. The van der Waals surface area contributed by atoms with Gasteiger partial charge in [0.15, 0.2) is 5.13 Å². The fourth-order valence-electron chi connectivity index (χ4n) is 2.67. The summed E-state index contributed by atoms with van der Waals surface area (Å²) < 4.78 is 6.09. The van der Waals surface area contributed by atoms with Crippen molar-refractivity contribution < 1.29 is 9.53 Å². The number of thiazole rings is 1. The van der Waals surface area contributed by atoms with Gasteiger partial charge in [-0.25, -0.2) is 4.98 Å². The molecule has 0 aliphatic rings. The Morgan fingerprint density at radius 3 is 2.72 bits per heavy atom. The molecule has 0 aliphatic carbocycles. The van der Waals surface area contributed by atoms with E-state index in [1.807, 2.05) is 36.4 Å². The number of anilines is 1. The summed E-state index contributed by atoms with van der Waals surface area (Å²) in [5.41, 5.74) is 1.23. The minimum absolute atomic E-state index is 0.208. The van der Waals surface area contributed by atoms with Crippen molar-refractivity contribution in [3.63, 3.8) is 0 Å². The SMILES string of the molecule is COc1ccc(Cl)c2sc(NC(=O)c3ccc4ccccc4c3)nc12. The number of fused-ring (bicyclic) bond motifs is 2. The first-order chi connectivity index (χ1) is 12.2. The molecule has 1 aromatic heterocycles. The maximum atomic E-state index is 12.6. The third kappa shape index (κ3) is 2.92. The molecule has 4 nitrogen and oxygen atoms in total. The van der Waals surface area contributed by atoms with E-state index in [4.69, 9.17) is 16.3 Å². The first kappa shape index (κ1) is 15.9. The predicted molar refractivity (Wildman–Crippen MR) is 103 cm³/mol. The molecular formula is C19H13ClN2O2S. The molecule has 0 fully saturated rings. The van der Waals surface area contributed by atoms with Gasteiger partial charge in [-0.15, -0.1) is 0 Å². The first-order valence-corrected chi connectivity index (χ1v) is 8.78. The van der Waals surface area contributed by atoms with Gasteiger partial charge in [-0.1, -0.05) is 53.3 Å². The predicted octanol–water partition coefficient (Wildman–Crippen LogP) is 5.36. The van der Waals surface area contributed by atoms with E-state index >= 15 is 0 Å². The fourth-order valence-corrected chi connectivity index (χ4v) is 3.82. The van der Waals surface area contributed by atoms with Crippen molar-refractivity contribution in [2.75, 3.05) is 12.4 Å². The molecule has 3 aromatic carbocycles. The number of amides is 1. The van der Waals surface area contributed by atoms with Gasteiger partial charge in [0.1, 0.15) is 11.3 Å². The molecule has 1 amide bonds. The second-order valence-electron chi connectivity index (χ2n) is 5.46. The summed E-state index contributed by atoms with van der Waals surface area (Å²) in [5.74, 6) is 0.418. The summed E-state index contributed by atoms with van der Waals surface area (Å²) in [4.78, 5) is 17.0. The highest BCUT2D eigenvalue weighted by atomic mass is 35.5. The smallest absolute Gasteiger partial charge is 0.257 e. The van der Waals surface area contributed by atoms with Gasteiger partial charge in [-0.2, -0.15) is 0 Å². The lowest BCUT2D eigenvalue weighted by molar-refractivity contribution is 0.102. The van der Waals surface area contributed by atoms with Crippen LogP contribution >= 0.6 is 22.9 Å². The van der Waals surface area contributed by atoms with Crippen LogP contribution in [0.15, 0.2) is 54.6 Å². The topological polar surface area (TPSA) is 51.2 Å². The van der Waals surface area contributed by atoms with Crippen LogP contribution in [-0.2, 0) is 0 Å². The van der Waals surface area contributed by atoms with E-state index in [0.717, 1.165) is 15.5 Å². The van der Waals surface area contributed by atoms with Crippen molar-refractivity contribution in [2.24, 2.45) is 0 Å². The van der Waals surface area contributed by atoms with E-state index in [2.05, 4.69) is 10.3 Å². The van der Waals surface area contributed by atoms with Crippen LogP contribution < -0.4 is 10.1 Å². The van der Waals surface area contributed by atoms with Gasteiger partial charge in [0.25, 0.3) is 5.91 Å². The lowest BCUT2D eigenvalue weighted by Gasteiger charge is -2.03. The van der Waals surface area contributed by atoms with Crippen molar-refractivity contribution in [3.05, 3.63) is 65.2 Å². The number of carbonyl (C=O) groups is 1. The number of halogens is 1.